The molecule has 5 heteroatoms. The lowest BCUT2D eigenvalue weighted by Crippen LogP contribution is -2.22. The number of hydrogen-bond acceptors (Lipinski definition) is 4. The topological polar surface area (TPSA) is 59.3 Å². The Kier molecular flexibility index (Phi) is 3.69. The number of nitro groups is 1. The van der Waals surface area contributed by atoms with Gasteiger partial charge in [0.05, 0.1) is 4.92 Å². The molecule has 0 fully saturated rings. The van der Waals surface area contributed by atoms with E-state index in [0.717, 1.165) is 18.9 Å². The highest BCUT2D eigenvalue weighted by atomic mass is 16.6. The smallest absolute Gasteiger partial charge is 0.290 e. The Balaban J connectivity index is 1.81. The van der Waals surface area contributed by atoms with Crippen LogP contribution in [0.4, 0.5) is 11.5 Å². The van der Waals surface area contributed by atoms with Crippen LogP contribution in [-0.2, 0) is 13.1 Å². The number of nitrogens with zero attached hydrogens (tertiary/aromatic N) is 3. The Morgan fingerprint density at radius 2 is 1.56 bits per heavy atom. The molecule has 1 aliphatic heterocycles. The van der Waals surface area contributed by atoms with E-state index in [2.05, 4.69) is 46.3 Å². The number of hydrogen-bond donors (Lipinski definition) is 0. The van der Waals surface area contributed by atoms with Crippen LogP contribution in [-0.4, -0.2) is 9.91 Å². The Bertz CT molecular complexity index is 921. The van der Waals surface area contributed by atoms with Crippen LogP contribution in [0, 0.1) is 17.0 Å². The second-order valence-corrected chi connectivity index (χ2v) is 6.26. The van der Waals surface area contributed by atoms with E-state index in [9.17, 15) is 10.1 Å². The van der Waals surface area contributed by atoms with Gasteiger partial charge in [-0.1, -0.05) is 48.5 Å². The molecular weight excluding hydrogens is 314 g/mol. The number of fused-ring (bicyclic) bond motifs is 3. The molecule has 0 saturated heterocycles. The molecule has 0 unspecified atom stereocenters. The summed E-state index contributed by atoms with van der Waals surface area (Å²) in [5, 5.41) is 11.0. The van der Waals surface area contributed by atoms with Crippen LogP contribution < -0.4 is 4.90 Å². The summed E-state index contributed by atoms with van der Waals surface area (Å²) in [6.45, 7) is 3.19. The third-order valence-electron chi connectivity index (χ3n) is 4.64. The fourth-order valence-electron chi connectivity index (χ4n) is 3.37. The van der Waals surface area contributed by atoms with E-state index >= 15 is 0 Å². The number of pyridine rings is 1. The minimum atomic E-state index is -0.390. The molecule has 5 nitrogen and oxygen atoms in total. The van der Waals surface area contributed by atoms with Crippen LogP contribution in [0.25, 0.3) is 11.1 Å². The van der Waals surface area contributed by atoms with E-state index < -0.39 is 0 Å². The van der Waals surface area contributed by atoms with Crippen LogP contribution >= 0.6 is 0 Å². The van der Waals surface area contributed by atoms with Gasteiger partial charge in [0.25, 0.3) is 5.69 Å². The van der Waals surface area contributed by atoms with Crippen molar-refractivity contribution >= 4 is 11.5 Å². The van der Waals surface area contributed by atoms with E-state index in [1.54, 1.807) is 13.0 Å². The van der Waals surface area contributed by atoms with Gasteiger partial charge in [-0.3, -0.25) is 10.1 Å². The highest BCUT2D eigenvalue weighted by molar-refractivity contribution is 5.73. The molecule has 0 N–H and O–H groups in total. The molecule has 2 aromatic carbocycles. The molecule has 0 atom stereocenters. The second kappa shape index (κ2) is 6.02. The van der Waals surface area contributed by atoms with E-state index in [4.69, 9.17) is 0 Å². The molecule has 3 aromatic rings. The van der Waals surface area contributed by atoms with Gasteiger partial charge in [0.1, 0.15) is 12.0 Å². The van der Waals surface area contributed by atoms with Gasteiger partial charge in [-0.2, -0.15) is 0 Å². The maximum Gasteiger partial charge on any atom is 0.290 e. The lowest BCUT2D eigenvalue weighted by Gasteiger charge is -2.22. The van der Waals surface area contributed by atoms with Gasteiger partial charge < -0.3 is 4.90 Å². The van der Waals surface area contributed by atoms with E-state index in [1.165, 1.54) is 28.5 Å². The zero-order valence-corrected chi connectivity index (χ0v) is 13.8. The molecule has 0 aliphatic carbocycles. The molecule has 124 valence electrons. The minimum Gasteiger partial charge on any atom is -0.348 e. The van der Waals surface area contributed by atoms with Crippen molar-refractivity contribution in [3.05, 3.63) is 87.6 Å². The van der Waals surface area contributed by atoms with Crippen LogP contribution in [0.5, 0.6) is 0 Å². The molecule has 0 bridgehead atoms. The minimum absolute atomic E-state index is 0.0550. The van der Waals surface area contributed by atoms with Crippen molar-refractivity contribution in [2.45, 2.75) is 20.0 Å². The molecule has 0 amide bonds. The Hall–Kier alpha value is -3.21. The summed E-state index contributed by atoms with van der Waals surface area (Å²) in [6, 6.07) is 18.5. The summed E-state index contributed by atoms with van der Waals surface area (Å²) in [5.74, 6) is 0.759. The quantitative estimate of drug-likeness (QED) is 0.513. The Morgan fingerprint density at radius 1 is 1.00 bits per heavy atom. The van der Waals surface area contributed by atoms with Crippen molar-refractivity contribution in [1.82, 2.24) is 4.98 Å². The zero-order chi connectivity index (χ0) is 17.4. The Morgan fingerprint density at radius 3 is 2.08 bits per heavy atom. The first kappa shape index (κ1) is 15.3. The maximum atomic E-state index is 11.0. The van der Waals surface area contributed by atoms with Crippen molar-refractivity contribution in [2.24, 2.45) is 0 Å². The fourth-order valence-corrected chi connectivity index (χ4v) is 3.37. The summed E-state index contributed by atoms with van der Waals surface area (Å²) < 4.78 is 0. The Labute approximate surface area is 145 Å². The van der Waals surface area contributed by atoms with E-state index in [0.29, 0.717) is 5.56 Å². The average Bonchev–Trinajstić information content (AvgIpc) is 2.78. The first-order valence-electron chi connectivity index (χ1n) is 8.15. The van der Waals surface area contributed by atoms with E-state index in [-0.39, 0.29) is 10.6 Å². The molecule has 4 rings (SSSR count). The standard InChI is InChI=1S/C20H17N3O2/c1-14-10-20(21-11-19(14)23(24)25)22-12-15-6-2-4-8-17(15)18-9-5-3-7-16(18)13-22/h2-11H,12-13H2,1H3. The zero-order valence-electron chi connectivity index (χ0n) is 13.8. The number of aryl methyl sites for hydroxylation is 1. The van der Waals surface area contributed by atoms with Gasteiger partial charge in [0.15, 0.2) is 0 Å². The van der Waals surface area contributed by atoms with Gasteiger partial charge >= 0.3 is 0 Å². The van der Waals surface area contributed by atoms with Crippen molar-refractivity contribution in [3.63, 3.8) is 0 Å². The SMILES string of the molecule is Cc1cc(N2Cc3ccccc3-c3ccccc3C2)ncc1[N+](=O)[O-]. The molecule has 25 heavy (non-hydrogen) atoms. The molecular formula is C20H17N3O2. The highest BCUT2D eigenvalue weighted by Gasteiger charge is 2.21. The van der Waals surface area contributed by atoms with Crippen LogP contribution in [0.15, 0.2) is 60.8 Å². The number of benzene rings is 2. The van der Waals surface area contributed by atoms with Crippen molar-refractivity contribution in [1.29, 1.82) is 0 Å². The monoisotopic (exact) mass is 331 g/mol. The summed E-state index contributed by atoms with van der Waals surface area (Å²) >= 11 is 0. The number of rotatable bonds is 2. The van der Waals surface area contributed by atoms with Gasteiger partial charge in [-0.25, -0.2) is 4.98 Å². The third-order valence-corrected chi connectivity index (χ3v) is 4.64. The predicted octanol–water partition coefficient (Wildman–Crippen LogP) is 4.49. The van der Waals surface area contributed by atoms with Crippen molar-refractivity contribution in [2.75, 3.05) is 4.90 Å². The highest BCUT2D eigenvalue weighted by Crippen LogP contribution is 2.34. The lowest BCUT2D eigenvalue weighted by molar-refractivity contribution is -0.385. The summed E-state index contributed by atoms with van der Waals surface area (Å²) in [4.78, 5) is 17.2. The fraction of sp³-hybridized carbons (Fsp3) is 0.150. The van der Waals surface area contributed by atoms with Crippen LogP contribution in [0.3, 0.4) is 0 Å². The summed E-state index contributed by atoms with van der Waals surface area (Å²) in [7, 11) is 0. The van der Waals surface area contributed by atoms with Crippen molar-refractivity contribution in [3.8, 4) is 11.1 Å². The molecule has 0 spiro atoms. The molecule has 1 aliphatic rings. The molecule has 0 radical (unpaired) electrons. The lowest BCUT2D eigenvalue weighted by atomic mass is 9.97. The summed E-state index contributed by atoms with van der Waals surface area (Å²) in [6.07, 6.45) is 1.35. The normalized spacial score (nSPS) is 12.9. The number of anilines is 1. The predicted molar refractivity (Wildman–Crippen MR) is 97.4 cm³/mol. The van der Waals surface area contributed by atoms with Gasteiger partial charge in [-0.05, 0) is 35.2 Å². The molecule has 2 heterocycles. The first-order valence-corrected chi connectivity index (χ1v) is 8.15. The third kappa shape index (κ3) is 2.74. The van der Waals surface area contributed by atoms with Gasteiger partial charge in [0.2, 0.25) is 0 Å². The van der Waals surface area contributed by atoms with Gasteiger partial charge in [0, 0.05) is 18.7 Å². The van der Waals surface area contributed by atoms with Crippen LogP contribution in [0.1, 0.15) is 16.7 Å². The first-order chi connectivity index (χ1) is 12.1. The summed E-state index contributed by atoms with van der Waals surface area (Å²) in [5.41, 5.74) is 5.61. The second-order valence-electron chi connectivity index (χ2n) is 6.26. The largest absolute Gasteiger partial charge is 0.348 e. The maximum absolute atomic E-state index is 11.0. The van der Waals surface area contributed by atoms with Crippen LogP contribution in [0.2, 0.25) is 0 Å². The van der Waals surface area contributed by atoms with Crippen molar-refractivity contribution < 1.29 is 4.92 Å². The van der Waals surface area contributed by atoms with E-state index in [1.807, 2.05) is 12.1 Å². The molecule has 1 aromatic heterocycles. The molecule has 0 saturated carbocycles. The number of aromatic nitrogens is 1. The average molecular weight is 331 g/mol. The van der Waals surface area contributed by atoms with Gasteiger partial charge in [-0.15, -0.1) is 0 Å².